The van der Waals surface area contributed by atoms with E-state index in [-0.39, 0.29) is 24.4 Å². The summed E-state index contributed by atoms with van der Waals surface area (Å²) in [4.78, 5) is 30.7. The highest BCUT2D eigenvalue weighted by atomic mass is 16.3. The molecule has 0 bridgehead atoms. The second-order valence-corrected chi connectivity index (χ2v) is 5.89. The molecule has 1 rings (SSSR count). The molecule has 0 radical (unpaired) electrons. The molecular formula is C16H27N3O3. The molecule has 22 heavy (non-hydrogen) atoms. The Bertz CT molecular complexity index is 560. The van der Waals surface area contributed by atoms with Gasteiger partial charge in [-0.25, -0.2) is 4.98 Å². The van der Waals surface area contributed by atoms with E-state index in [9.17, 15) is 14.7 Å². The summed E-state index contributed by atoms with van der Waals surface area (Å²) >= 11 is 0. The molecule has 1 aromatic rings. The van der Waals surface area contributed by atoms with Gasteiger partial charge in [0, 0.05) is 17.8 Å². The molecule has 0 fully saturated rings. The summed E-state index contributed by atoms with van der Waals surface area (Å²) in [5, 5.41) is 13.2. The average Bonchev–Trinajstić information content (AvgIpc) is 2.41. The third kappa shape index (κ3) is 5.26. The van der Waals surface area contributed by atoms with E-state index in [4.69, 9.17) is 0 Å². The number of aromatic nitrogens is 2. The molecule has 0 aliphatic heterocycles. The van der Waals surface area contributed by atoms with Gasteiger partial charge in [0.1, 0.15) is 5.82 Å². The predicted molar refractivity (Wildman–Crippen MR) is 85.8 cm³/mol. The van der Waals surface area contributed by atoms with Gasteiger partial charge in [-0.3, -0.25) is 9.59 Å². The van der Waals surface area contributed by atoms with E-state index in [0.29, 0.717) is 29.9 Å². The molecule has 6 heteroatoms. The second-order valence-electron chi connectivity index (χ2n) is 5.89. The predicted octanol–water partition coefficient (Wildman–Crippen LogP) is 1.38. The first-order chi connectivity index (χ1) is 10.3. The molecular weight excluding hydrogens is 282 g/mol. The normalized spacial score (nSPS) is 11.5. The van der Waals surface area contributed by atoms with Gasteiger partial charge in [-0.05, 0) is 26.7 Å². The van der Waals surface area contributed by atoms with Gasteiger partial charge < -0.3 is 15.4 Å². The lowest BCUT2D eigenvalue weighted by molar-refractivity contribution is -0.121. The van der Waals surface area contributed by atoms with Crippen LogP contribution in [0.4, 0.5) is 0 Å². The smallest absolute Gasteiger partial charge is 0.254 e. The van der Waals surface area contributed by atoms with Gasteiger partial charge in [0.15, 0.2) is 0 Å². The quantitative estimate of drug-likeness (QED) is 0.676. The van der Waals surface area contributed by atoms with Crippen LogP contribution in [0, 0.1) is 13.8 Å². The van der Waals surface area contributed by atoms with Gasteiger partial charge in [0.25, 0.3) is 5.56 Å². The van der Waals surface area contributed by atoms with Crippen molar-refractivity contribution in [2.45, 2.75) is 65.4 Å². The molecule has 0 atom stereocenters. The summed E-state index contributed by atoms with van der Waals surface area (Å²) < 4.78 is 0. The average molecular weight is 309 g/mol. The maximum absolute atomic E-state index is 12.1. The van der Waals surface area contributed by atoms with E-state index >= 15 is 0 Å². The van der Waals surface area contributed by atoms with Gasteiger partial charge in [-0.2, -0.15) is 0 Å². The van der Waals surface area contributed by atoms with E-state index < -0.39 is 5.60 Å². The number of rotatable bonds is 8. The molecule has 3 N–H and O–H groups in total. The van der Waals surface area contributed by atoms with E-state index in [1.165, 1.54) is 0 Å². The van der Waals surface area contributed by atoms with Crippen LogP contribution < -0.4 is 10.9 Å². The number of hydrogen-bond acceptors (Lipinski definition) is 4. The van der Waals surface area contributed by atoms with Crippen molar-refractivity contribution in [1.29, 1.82) is 0 Å². The number of carbonyl (C=O) groups excluding carboxylic acids is 1. The maximum Gasteiger partial charge on any atom is 0.254 e. The van der Waals surface area contributed by atoms with Crippen LogP contribution in [0.5, 0.6) is 0 Å². The number of amides is 1. The number of nitrogens with zero attached hydrogens (tertiary/aromatic N) is 1. The molecule has 124 valence electrons. The number of carbonyl (C=O) groups is 1. The molecule has 0 saturated carbocycles. The highest BCUT2D eigenvalue weighted by Crippen LogP contribution is 2.18. The van der Waals surface area contributed by atoms with Crippen LogP contribution in [0.25, 0.3) is 0 Å². The van der Waals surface area contributed by atoms with E-state index in [0.717, 1.165) is 12.8 Å². The lowest BCUT2D eigenvalue weighted by atomic mass is 9.92. The standard InChI is InChI=1S/C16H27N3O3/c1-5-7-16(22,8-6-2)10-17-14(20)9-13-11(3)18-12(4)19-15(13)21/h22H,5-10H2,1-4H3,(H,17,20)(H,18,19,21). The van der Waals surface area contributed by atoms with Crippen LogP contribution in [0.1, 0.15) is 56.6 Å². The number of nitrogens with one attached hydrogen (secondary N) is 2. The minimum atomic E-state index is -0.869. The van der Waals surface area contributed by atoms with Crippen molar-refractivity contribution < 1.29 is 9.90 Å². The number of hydrogen-bond donors (Lipinski definition) is 3. The van der Waals surface area contributed by atoms with Crippen molar-refractivity contribution in [2.24, 2.45) is 0 Å². The van der Waals surface area contributed by atoms with Crippen LogP contribution >= 0.6 is 0 Å². The molecule has 0 saturated heterocycles. The SMILES string of the molecule is CCCC(O)(CCC)CNC(=O)Cc1c(C)nc(C)[nH]c1=O. The molecule has 0 spiro atoms. The van der Waals surface area contributed by atoms with E-state index in [1.54, 1.807) is 13.8 Å². The Hall–Kier alpha value is -1.69. The van der Waals surface area contributed by atoms with Crippen molar-refractivity contribution in [2.75, 3.05) is 6.54 Å². The molecule has 1 amide bonds. The summed E-state index contributed by atoms with van der Waals surface area (Å²) in [6.07, 6.45) is 2.97. The lowest BCUT2D eigenvalue weighted by Gasteiger charge is -2.27. The first kappa shape index (κ1) is 18.4. The Morgan fingerprint density at radius 2 is 1.86 bits per heavy atom. The number of aromatic amines is 1. The highest BCUT2D eigenvalue weighted by Gasteiger charge is 2.25. The van der Waals surface area contributed by atoms with Crippen LogP contribution in [0.3, 0.4) is 0 Å². The molecule has 1 aromatic heterocycles. The summed E-state index contributed by atoms with van der Waals surface area (Å²) in [6.45, 7) is 7.64. The third-order valence-corrected chi connectivity index (χ3v) is 3.72. The van der Waals surface area contributed by atoms with Crippen LogP contribution in [-0.4, -0.2) is 33.1 Å². The van der Waals surface area contributed by atoms with Crippen molar-refractivity contribution in [1.82, 2.24) is 15.3 Å². The van der Waals surface area contributed by atoms with Crippen molar-refractivity contribution in [3.63, 3.8) is 0 Å². The summed E-state index contributed by atoms with van der Waals surface area (Å²) in [5.41, 5.74) is -0.212. The fraction of sp³-hybridized carbons (Fsp3) is 0.688. The monoisotopic (exact) mass is 309 g/mol. The van der Waals surface area contributed by atoms with Gasteiger partial charge in [0.05, 0.1) is 12.0 Å². The molecule has 6 nitrogen and oxygen atoms in total. The summed E-state index contributed by atoms with van der Waals surface area (Å²) in [7, 11) is 0. The van der Waals surface area contributed by atoms with Crippen LogP contribution in [-0.2, 0) is 11.2 Å². The largest absolute Gasteiger partial charge is 0.388 e. The summed E-state index contributed by atoms with van der Waals surface area (Å²) in [5.74, 6) is 0.261. The Morgan fingerprint density at radius 1 is 1.27 bits per heavy atom. The number of H-pyrrole nitrogens is 1. The zero-order chi connectivity index (χ0) is 16.8. The molecule has 0 aromatic carbocycles. The Kier molecular flexibility index (Phi) is 6.74. The third-order valence-electron chi connectivity index (χ3n) is 3.72. The minimum Gasteiger partial charge on any atom is -0.388 e. The van der Waals surface area contributed by atoms with Crippen molar-refractivity contribution in [3.05, 3.63) is 27.4 Å². The summed E-state index contributed by atoms with van der Waals surface area (Å²) in [6, 6.07) is 0. The van der Waals surface area contributed by atoms with E-state index in [2.05, 4.69) is 15.3 Å². The highest BCUT2D eigenvalue weighted by molar-refractivity contribution is 5.78. The van der Waals surface area contributed by atoms with Crippen molar-refractivity contribution >= 4 is 5.91 Å². The van der Waals surface area contributed by atoms with Gasteiger partial charge in [-0.15, -0.1) is 0 Å². The molecule has 1 heterocycles. The fourth-order valence-electron chi connectivity index (χ4n) is 2.68. The molecule has 0 aliphatic rings. The van der Waals surface area contributed by atoms with Gasteiger partial charge in [0.2, 0.25) is 5.91 Å². The molecule has 0 unspecified atom stereocenters. The maximum atomic E-state index is 12.1. The van der Waals surface area contributed by atoms with Gasteiger partial charge >= 0.3 is 0 Å². The van der Waals surface area contributed by atoms with E-state index in [1.807, 2.05) is 13.8 Å². The topological polar surface area (TPSA) is 95.1 Å². The zero-order valence-electron chi connectivity index (χ0n) is 14.0. The van der Waals surface area contributed by atoms with Crippen LogP contribution in [0.2, 0.25) is 0 Å². The fourth-order valence-corrected chi connectivity index (χ4v) is 2.68. The Labute approximate surface area is 131 Å². The number of aliphatic hydroxyl groups is 1. The minimum absolute atomic E-state index is 0.0250. The first-order valence-corrected chi connectivity index (χ1v) is 7.86. The number of aryl methyl sites for hydroxylation is 2. The Morgan fingerprint density at radius 3 is 2.36 bits per heavy atom. The lowest BCUT2D eigenvalue weighted by Crippen LogP contribution is -2.43. The second kappa shape index (κ2) is 8.08. The van der Waals surface area contributed by atoms with Gasteiger partial charge in [-0.1, -0.05) is 26.7 Å². The van der Waals surface area contributed by atoms with Crippen molar-refractivity contribution in [3.8, 4) is 0 Å². The first-order valence-electron chi connectivity index (χ1n) is 7.86. The Balaban J connectivity index is 2.69. The zero-order valence-corrected chi connectivity index (χ0v) is 14.0. The molecule has 0 aliphatic carbocycles. The van der Waals surface area contributed by atoms with Crippen LogP contribution in [0.15, 0.2) is 4.79 Å².